The van der Waals surface area contributed by atoms with Gasteiger partial charge in [0.05, 0.1) is 12.1 Å². The van der Waals surface area contributed by atoms with Gasteiger partial charge in [0.15, 0.2) is 5.82 Å². The van der Waals surface area contributed by atoms with E-state index < -0.39 is 0 Å². The number of halogens is 1. The lowest BCUT2D eigenvalue weighted by molar-refractivity contribution is -0.121. The summed E-state index contributed by atoms with van der Waals surface area (Å²) in [6, 6.07) is 6.42. The Bertz CT molecular complexity index is 920. The van der Waals surface area contributed by atoms with Gasteiger partial charge in [-0.1, -0.05) is 31.0 Å². The van der Waals surface area contributed by atoms with E-state index in [0.29, 0.717) is 16.8 Å². The van der Waals surface area contributed by atoms with Gasteiger partial charge in [-0.2, -0.15) is 4.98 Å². The first-order valence-electron chi connectivity index (χ1n) is 10.7. The van der Waals surface area contributed by atoms with Gasteiger partial charge in [-0.3, -0.25) is 4.79 Å². The molecule has 8 heteroatoms. The third kappa shape index (κ3) is 4.68. The van der Waals surface area contributed by atoms with Crippen molar-refractivity contribution in [3.63, 3.8) is 0 Å². The van der Waals surface area contributed by atoms with E-state index in [4.69, 9.17) is 17.3 Å². The molecule has 2 unspecified atom stereocenters. The van der Waals surface area contributed by atoms with Gasteiger partial charge < -0.3 is 21.3 Å². The summed E-state index contributed by atoms with van der Waals surface area (Å²) in [6.07, 6.45) is 6.34. The van der Waals surface area contributed by atoms with Gasteiger partial charge in [0.2, 0.25) is 11.9 Å². The van der Waals surface area contributed by atoms with Gasteiger partial charge in [-0.25, -0.2) is 4.98 Å². The third-order valence-corrected chi connectivity index (χ3v) is 6.53. The Labute approximate surface area is 182 Å². The number of primary amides is 1. The lowest BCUT2D eigenvalue weighted by atomic mass is 10.0. The minimum atomic E-state index is -0.278. The zero-order chi connectivity index (χ0) is 21.1. The van der Waals surface area contributed by atoms with Gasteiger partial charge >= 0.3 is 0 Å². The Hall–Kier alpha value is -2.38. The van der Waals surface area contributed by atoms with Crippen LogP contribution in [0.25, 0.3) is 0 Å². The Balaban J connectivity index is 1.49. The first-order chi connectivity index (χ1) is 14.5. The highest BCUT2D eigenvalue weighted by molar-refractivity contribution is 6.32. The second kappa shape index (κ2) is 9.18. The largest absolute Gasteiger partial charge is 0.369 e. The molecule has 30 heavy (non-hydrogen) atoms. The average molecular weight is 429 g/mol. The van der Waals surface area contributed by atoms with Crippen LogP contribution in [0, 0.1) is 5.92 Å². The maximum absolute atomic E-state index is 11.7. The van der Waals surface area contributed by atoms with Crippen molar-refractivity contribution >= 4 is 35.0 Å². The van der Waals surface area contributed by atoms with Crippen LogP contribution < -0.4 is 16.4 Å². The third-order valence-electron chi connectivity index (χ3n) is 6.25. The number of carbonyl (C=O) groups excluding carboxylic acids is 1. The van der Waals surface area contributed by atoms with E-state index in [1.807, 2.05) is 0 Å². The van der Waals surface area contributed by atoms with E-state index in [1.54, 1.807) is 6.20 Å². The molecule has 2 aliphatic rings. The highest BCUT2D eigenvalue weighted by atomic mass is 35.5. The van der Waals surface area contributed by atoms with Crippen LogP contribution in [0.5, 0.6) is 0 Å². The minimum Gasteiger partial charge on any atom is -0.369 e. The molecule has 4 N–H and O–H groups in total. The van der Waals surface area contributed by atoms with Gasteiger partial charge in [-0.05, 0) is 55.5 Å². The van der Waals surface area contributed by atoms with Crippen LogP contribution in [0.15, 0.2) is 24.4 Å². The van der Waals surface area contributed by atoms with Crippen molar-refractivity contribution in [3.8, 4) is 0 Å². The lowest BCUT2D eigenvalue weighted by Gasteiger charge is -2.20. The SMILES string of the molecule is CCN1CCc2ccc(Nc3ncc(Cl)c(NC4CCCC4C(N)=O)n3)cc2CC1. The molecule has 1 saturated carbocycles. The van der Waals surface area contributed by atoms with E-state index in [-0.39, 0.29) is 17.9 Å². The van der Waals surface area contributed by atoms with Crippen molar-refractivity contribution in [1.82, 2.24) is 14.9 Å². The first-order valence-corrected chi connectivity index (χ1v) is 11.1. The number of hydrogen-bond donors (Lipinski definition) is 3. The van der Waals surface area contributed by atoms with E-state index >= 15 is 0 Å². The Morgan fingerprint density at radius 1 is 1.27 bits per heavy atom. The second-order valence-corrected chi connectivity index (χ2v) is 8.53. The number of rotatable bonds is 6. The van der Waals surface area contributed by atoms with Crippen LogP contribution in [-0.2, 0) is 17.6 Å². The summed E-state index contributed by atoms with van der Waals surface area (Å²) in [5, 5.41) is 7.03. The fourth-order valence-electron chi connectivity index (χ4n) is 4.47. The van der Waals surface area contributed by atoms with Crippen LogP contribution in [0.4, 0.5) is 17.5 Å². The van der Waals surface area contributed by atoms with Gasteiger partial charge in [0.1, 0.15) is 5.02 Å². The number of hydrogen-bond acceptors (Lipinski definition) is 6. The summed E-state index contributed by atoms with van der Waals surface area (Å²) in [5.41, 5.74) is 9.28. The first kappa shape index (κ1) is 20.9. The number of carbonyl (C=O) groups is 1. The number of amides is 1. The predicted octanol–water partition coefficient (Wildman–Crippen LogP) is 3.36. The summed E-state index contributed by atoms with van der Waals surface area (Å²) in [7, 11) is 0. The zero-order valence-electron chi connectivity index (χ0n) is 17.3. The molecule has 1 aromatic carbocycles. The van der Waals surface area contributed by atoms with Crippen molar-refractivity contribution < 1.29 is 4.79 Å². The Kier molecular flexibility index (Phi) is 6.39. The lowest BCUT2D eigenvalue weighted by Crippen LogP contribution is -2.34. The van der Waals surface area contributed by atoms with Crippen LogP contribution in [0.1, 0.15) is 37.3 Å². The van der Waals surface area contributed by atoms with Crippen molar-refractivity contribution in [2.45, 2.75) is 45.1 Å². The fourth-order valence-corrected chi connectivity index (χ4v) is 4.62. The van der Waals surface area contributed by atoms with Crippen LogP contribution in [-0.4, -0.2) is 46.5 Å². The molecular weight excluding hydrogens is 400 g/mol. The number of aromatic nitrogens is 2. The highest BCUT2D eigenvalue weighted by Crippen LogP contribution is 2.31. The maximum atomic E-state index is 11.7. The van der Waals surface area contributed by atoms with Crippen LogP contribution >= 0.6 is 11.6 Å². The Morgan fingerprint density at radius 2 is 2.07 bits per heavy atom. The molecule has 0 saturated heterocycles. The Morgan fingerprint density at radius 3 is 2.83 bits per heavy atom. The quantitative estimate of drug-likeness (QED) is 0.652. The number of benzene rings is 1. The maximum Gasteiger partial charge on any atom is 0.229 e. The number of anilines is 3. The highest BCUT2D eigenvalue weighted by Gasteiger charge is 2.32. The summed E-state index contributed by atoms with van der Waals surface area (Å²) < 4.78 is 0. The van der Waals surface area contributed by atoms with Crippen molar-refractivity contribution in [3.05, 3.63) is 40.5 Å². The second-order valence-electron chi connectivity index (χ2n) is 8.12. The van der Waals surface area contributed by atoms with Crippen molar-refractivity contribution in [2.75, 3.05) is 30.3 Å². The molecule has 1 aliphatic heterocycles. The number of nitrogens with two attached hydrogens (primary N) is 1. The predicted molar refractivity (Wildman–Crippen MR) is 120 cm³/mol. The molecule has 0 radical (unpaired) electrons. The topological polar surface area (TPSA) is 96.2 Å². The average Bonchev–Trinajstić information content (AvgIpc) is 3.10. The van der Waals surface area contributed by atoms with E-state index in [0.717, 1.165) is 57.4 Å². The van der Waals surface area contributed by atoms with Gasteiger partial charge in [0, 0.05) is 24.8 Å². The van der Waals surface area contributed by atoms with Crippen LogP contribution in [0.3, 0.4) is 0 Å². The van der Waals surface area contributed by atoms with E-state index in [2.05, 4.69) is 50.6 Å². The molecule has 0 spiro atoms. The summed E-state index contributed by atoms with van der Waals surface area (Å²) in [6.45, 7) is 5.49. The molecule has 1 amide bonds. The number of nitrogens with one attached hydrogen (secondary N) is 2. The molecule has 1 fully saturated rings. The zero-order valence-corrected chi connectivity index (χ0v) is 18.1. The van der Waals surface area contributed by atoms with Crippen molar-refractivity contribution in [1.29, 1.82) is 0 Å². The molecule has 160 valence electrons. The fraction of sp³-hybridized carbons (Fsp3) is 0.500. The van der Waals surface area contributed by atoms with E-state index in [1.165, 1.54) is 11.1 Å². The minimum absolute atomic E-state index is 0.0447. The molecule has 2 atom stereocenters. The molecular formula is C22H29ClN6O. The number of fused-ring (bicyclic) bond motifs is 1. The summed E-state index contributed by atoms with van der Waals surface area (Å²) in [4.78, 5) is 23.0. The molecule has 4 rings (SSSR count). The van der Waals surface area contributed by atoms with Gasteiger partial charge in [0.25, 0.3) is 0 Å². The molecule has 1 aromatic heterocycles. The molecule has 2 heterocycles. The summed E-state index contributed by atoms with van der Waals surface area (Å²) in [5.74, 6) is 0.528. The molecule has 2 aromatic rings. The van der Waals surface area contributed by atoms with Crippen LogP contribution in [0.2, 0.25) is 5.02 Å². The smallest absolute Gasteiger partial charge is 0.229 e. The standard InChI is InChI=1S/C22H29ClN6O/c1-2-29-10-8-14-6-7-16(12-15(14)9-11-29)26-22-25-13-18(23)21(28-22)27-19-5-3-4-17(19)20(24)30/h6-7,12-13,17,19H,2-5,8-11H2,1H3,(H2,24,30)(H2,25,26,27,28). The van der Waals surface area contributed by atoms with E-state index in [9.17, 15) is 4.79 Å². The molecule has 1 aliphatic carbocycles. The normalized spacial score (nSPS) is 21.7. The molecule has 7 nitrogen and oxygen atoms in total. The summed E-state index contributed by atoms with van der Waals surface area (Å²) >= 11 is 6.31. The van der Waals surface area contributed by atoms with Gasteiger partial charge in [-0.15, -0.1) is 0 Å². The molecule has 0 bridgehead atoms. The van der Waals surface area contributed by atoms with Crippen molar-refractivity contribution in [2.24, 2.45) is 11.7 Å². The number of nitrogens with zero attached hydrogens (tertiary/aromatic N) is 3. The number of likely N-dealkylation sites (N-methyl/N-ethyl adjacent to an activating group) is 1. The monoisotopic (exact) mass is 428 g/mol.